The quantitative estimate of drug-likeness (QED) is 0.724. The van der Waals surface area contributed by atoms with Crippen molar-refractivity contribution in [3.8, 4) is 0 Å². The van der Waals surface area contributed by atoms with Crippen LogP contribution in [0.1, 0.15) is 59.1 Å². The Kier molecular flexibility index (Phi) is 7.98. The van der Waals surface area contributed by atoms with Crippen molar-refractivity contribution in [3.63, 3.8) is 0 Å². The lowest BCUT2D eigenvalue weighted by atomic mass is 10.00. The SMILES string of the molecule is CC(C)CCN(CCC(C)C)C(C)C(O)c1ccccc1. The summed E-state index contributed by atoms with van der Waals surface area (Å²) in [7, 11) is 0. The van der Waals surface area contributed by atoms with Gasteiger partial charge in [0.2, 0.25) is 0 Å². The van der Waals surface area contributed by atoms with E-state index in [1.54, 1.807) is 0 Å². The predicted octanol–water partition coefficient (Wildman–Crippen LogP) is 4.50. The predicted molar refractivity (Wildman–Crippen MR) is 91.3 cm³/mol. The highest BCUT2D eigenvalue weighted by molar-refractivity contribution is 5.18. The highest BCUT2D eigenvalue weighted by Gasteiger charge is 2.23. The summed E-state index contributed by atoms with van der Waals surface area (Å²) >= 11 is 0. The molecule has 1 rings (SSSR count). The largest absolute Gasteiger partial charge is 0.387 e. The standard InChI is InChI=1S/C19H33NO/c1-15(2)11-13-20(14-12-16(3)4)17(5)19(21)18-9-7-6-8-10-18/h6-10,15-17,19,21H,11-14H2,1-5H3. The molecule has 0 saturated heterocycles. The average Bonchev–Trinajstić information content (AvgIpc) is 2.46. The van der Waals surface area contributed by atoms with Gasteiger partial charge in [-0.3, -0.25) is 4.90 Å². The van der Waals surface area contributed by atoms with Gasteiger partial charge < -0.3 is 5.11 Å². The van der Waals surface area contributed by atoms with Crippen molar-refractivity contribution in [3.05, 3.63) is 35.9 Å². The molecule has 2 unspecified atom stereocenters. The smallest absolute Gasteiger partial charge is 0.0942 e. The minimum absolute atomic E-state index is 0.157. The van der Waals surface area contributed by atoms with E-state index in [9.17, 15) is 5.11 Å². The number of hydrogen-bond donors (Lipinski definition) is 1. The minimum atomic E-state index is -0.412. The van der Waals surface area contributed by atoms with Crippen LogP contribution in [0.5, 0.6) is 0 Å². The molecule has 0 aliphatic rings. The van der Waals surface area contributed by atoms with Crippen LogP contribution in [-0.4, -0.2) is 29.1 Å². The van der Waals surface area contributed by atoms with Crippen molar-refractivity contribution in [2.24, 2.45) is 11.8 Å². The van der Waals surface area contributed by atoms with E-state index >= 15 is 0 Å². The van der Waals surface area contributed by atoms with E-state index in [2.05, 4.69) is 39.5 Å². The van der Waals surface area contributed by atoms with E-state index in [0.29, 0.717) is 11.8 Å². The second-order valence-corrected chi connectivity index (χ2v) is 7.00. The maximum Gasteiger partial charge on any atom is 0.0942 e. The van der Waals surface area contributed by atoms with E-state index < -0.39 is 6.10 Å². The summed E-state index contributed by atoms with van der Waals surface area (Å²) in [6.45, 7) is 13.3. The molecule has 1 N–H and O–H groups in total. The highest BCUT2D eigenvalue weighted by atomic mass is 16.3. The molecule has 0 aliphatic heterocycles. The van der Waals surface area contributed by atoms with Crippen LogP contribution in [0.2, 0.25) is 0 Å². The van der Waals surface area contributed by atoms with Crippen LogP contribution in [0.15, 0.2) is 30.3 Å². The molecular formula is C19H33NO. The summed E-state index contributed by atoms with van der Waals surface area (Å²) in [5.74, 6) is 1.40. The van der Waals surface area contributed by atoms with Crippen LogP contribution in [0.4, 0.5) is 0 Å². The van der Waals surface area contributed by atoms with Gasteiger partial charge in [-0.25, -0.2) is 0 Å². The summed E-state index contributed by atoms with van der Waals surface area (Å²) in [6.07, 6.45) is 1.96. The van der Waals surface area contributed by atoms with Crippen molar-refractivity contribution >= 4 is 0 Å². The fraction of sp³-hybridized carbons (Fsp3) is 0.684. The molecule has 0 saturated carbocycles. The Morgan fingerprint density at radius 1 is 0.857 bits per heavy atom. The highest BCUT2D eigenvalue weighted by Crippen LogP contribution is 2.22. The lowest BCUT2D eigenvalue weighted by Gasteiger charge is -2.33. The van der Waals surface area contributed by atoms with Crippen molar-refractivity contribution in [2.45, 2.75) is 59.6 Å². The molecule has 0 aliphatic carbocycles. The van der Waals surface area contributed by atoms with Gasteiger partial charge >= 0.3 is 0 Å². The maximum atomic E-state index is 10.6. The molecule has 0 amide bonds. The van der Waals surface area contributed by atoms with Crippen molar-refractivity contribution in [2.75, 3.05) is 13.1 Å². The lowest BCUT2D eigenvalue weighted by molar-refractivity contribution is 0.0524. The monoisotopic (exact) mass is 291 g/mol. The van der Waals surface area contributed by atoms with E-state index in [0.717, 1.165) is 18.7 Å². The lowest BCUT2D eigenvalue weighted by Crippen LogP contribution is -2.39. The Labute approximate surface area is 131 Å². The number of aliphatic hydroxyl groups is 1. The number of nitrogens with zero attached hydrogens (tertiary/aromatic N) is 1. The van der Waals surface area contributed by atoms with E-state index in [4.69, 9.17) is 0 Å². The van der Waals surface area contributed by atoms with E-state index in [-0.39, 0.29) is 6.04 Å². The molecule has 2 atom stereocenters. The van der Waals surface area contributed by atoms with Gasteiger partial charge in [0.25, 0.3) is 0 Å². The Balaban J connectivity index is 2.70. The zero-order valence-corrected chi connectivity index (χ0v) is 14.4. The first-order valence-electron chi connectivity index (χ1n) is 8.38. The Morgan fingerprint density at radius 2 is 1.33 bits per heavy atom. The van der Waals surface area contributed by atoms with Gasteiger partial charge in [-0.2, -0.15) is 0 Å². The molecule has 120 valence electrons. The molecule has 0 spiro atoms. The fourth-order valence-electron chi connectivity index (χ4n) is 2.50. The molecular weight excluding hydrogens is 258 g/mol. The average molecular weight is 291 g/mol. The summed E-state index contributed by atoms with van der Waals surface area (Å²) < 4.78 is 0. The van der Waals surface area contributed by atoms with Crippen LogP contribution in [-0.2, 0) is 0 Å². The fourth-order valence-corrected chi connectivity index (χ4v) is 2.50. The molecule has 1 aromatic rings. The van der Waals surface area contributed by atoms with Crippen LogP contribution in [0.3, 0.4) is 0 Å². The number of hydrogen-bond acceptors (Lipinski definition) is 2. The van der Waals surface area contributed by atoms with Gasteiger partial charge in [-0.05, 0) is 50.3 Å². The third-order valence-corrected chi connectivity index (χ3v) is 4.16. The molecule has 1 aromatic carbocycles. The van der Waals surface area contributed by atoms with Crippen molar-refractivity contribution < 1.29 is 5.11 Å². The molecule has 0 bridgehead atoms. The minimum Gasteiger partial charge on any atom is -0.387 e. The third kappa shape index (κ3) is 6.62. The van der Waals surface area contributed by atoms with Gasteiger partial charge in [0.1, 0.15) is 0 Å². The maximum absolute atomic E-state index is 10.6. The van der Waals surface area contributed by atoms with Crippen molar-refractivity contribution in [1.29, 1.82) is 0 Å². The Hall–Kier alpha value is -0.860. The molecule has 21 heavy (non-hydrogen) atoms. The van der Waals surface area contributed by atoms with Crippen LogP contribution >= 0.6 is 0 Å². The first kappa shape index (κ1) is 18.2. The summed E-state index contributed by atoms with van der Waals surface area (Å²) in [5.41, 5.74) is 1.02. The molecule has 0 fully saturated rings. The number of rotatable bonds is 9. The second kappa shape index (κ2) is 9.22. The van der Waals surface area contributed by atoms with Gasteiger partial charge in [-0.15, -0.1) is 0 Å². The number of benzene rings is 1. The molecule has 0 heterocycles. The molecule has 2 heteroatoms. The van der Waals surface area contributed by atoms with Gasteiger partial charge in [0.05, 0.1) is 6.10 Å². The molecule has 2 nitrogen and oxygen atoms in total. The van der Waals surface area contributed by atoms with Gasteiger partial charge in [0, 0.05) is 6.04 Å². The molecule has 0 aromatic heterocycles. The van der Waals surface area contributed by atoms with Crippen LogP contribution in [0.25, 0.3) is 0 Å². The van der Waals surface area contributed by atoms with E-state index in [1.807, 2.05) is 30.3 Å². The first-order valence-corrected chi connectivity index (χ1v) is 8.38. The van der Waals surface area contributed by atoms with E-state index in [1.165, 1.54) is 12.8 Å². The summed E-state index contributed by atoms with van der Waals surface area (Å²) in [6, 6.07) is 10.2. The normalized spacial score (nSPS) is 14.9. The first-order chi connectivity index (χ1) is 9.91. The Morgan fingerprint density at radius 3 is 1.76 bits per heavy atom. The molecule has 0 radical (unpaired) electrons. The third-order valence-electron chi connectivity index (χ3n) is 4.16. The summed E-state index contributed by atoms with van der Waals surface area (Å²) in [4.78, 5) is 2.46. The van der Waals surface area contributed by atoms with Gasteiger partial charge in [0.15, 0.2) is 0 Å². The zero-order chi connectivity index (χ0) is 15.8. The topological polar surface area (TPSA) is 23.5 Å². The van der Waals surface area contributed by atoms with Gasteiger partial charge in [-0.1, -0.05) is 58.0 Å². The van der Waals surface area contributed by atoms with Crippen molar-refractivity contribution in [1.82, 2.24) is 4.90 Å². The second-order valence-electron chi connectivity index (χ2n) is 7.00. The van der Waals surface area contributed by atoms with Crippen LogP contribution in [0, 0.1) is 11.8 Å². The Bertz CT molecular complexity index is 362. The summed E-state index contributed by atoms with van der Waals surface area (Å²) in [5, 5.41) is 10.6. The zero-order valence-electron chi connectivity index (χ0n) is 14.4. The van der Waals surface area contributed by atoms with Crippen LogP contribution < -0.4 is 0 Å². The number of aliphatic hydroxyl groups excluding tert-OH is 1.